The van der Waals surface area contributed by atoms with E-state index in [4.69, 9.17) is 0 Å². The molecule has 1 aromatic carbocycles. The van der Waals surface area contributed by atoms with Crippen molar-refractivity contribution in [1.82, 2.24) is 9.55 Å². The van der Waals surface area contributed by atoms with E-state index in [9.17, 15) is 4.79 Å². The van der Waals surface area contributed by atoms with E-state index < -0.39 is 5.97 Å². The van der Waals surface area contributed by atoms with E-state index in [-0.39, 0.29) is 0 Å². The van der Waals surface area contributed by atoms with Gasteiger partial charge in [-0.2, -0.15) is 0 Å². The Bertz CT molecular complexity index is 541. The molecule has 0 aliphatic carbocycles. The van der Waals surface area contributed by atoms with Gasteiger partial charge in [0.15, 0.2) is 5.69 Å². The summed E-state index contributed by atoms with van der Waals surface area (Å²) in [5.41, 5.74) is 3.31. The molecule has 17 heavy (non-hydrogen) atoms. The normalized spacial score (nSPS) is 10.3. The van der Waals surface area contributed by atoms with Gasteiger partial charge >= 0.3 is 5.97 Å². The lowest BCUT2D eigenvalue weighted by Crippen LogP contribution is -2.05. The van der Waals surface area contributed by atoms with Crippen molar-refractivity contribution >= 4 is 5.97 Å². The zero-order valence-electron chi connectivity index (χ0n) is 10.1. The average Bonchev–Trinajstić information content (AvgIpc) is 2.71. The second-order valence-corrected chi connectivity index (χ2v) is 3.88. The first kappa shape index (κ1) is 11.4. The lowest BCUT2D eigenvalue weighted by Gasteiger charge is -2.05. The number of carbonyl (C=O) groups excluding carboxylic acids is 1. The third kappa shape index (κ3) is 2.06. The fraction of sp³-hybridized carbons (Fsp3) is 0.231. The van der Waals surface area contributed by atoms with Crippen LogP contribution in [0.1, 0.15) is 21.7 Å². The highest BCUT2D eigenvalue weighted by molar-refractivity contribution is 5.88. The van der Waals surface area contributed by atoms with E-state index in [1.807, 2.05) is 42.7 Å². The van der Waals surface area contributed by atoms with Crippen molar-refractivity contribution in [2.75, 3.05) is 7.11 Å². The van der Waals surface area contributed by atoms with E-state index in [1.54, 1.807) is 6.33 Å². The van der Waals surface area contributed by atoms with Crippen molar-refractivity contribution in [2.45, 2.75) is 13.8 Å². The fourth-order valence-corrected chi connectivity index (χ4v) is 1.67. The Labute approximate surface area is 99.9 Å². The Morgan fingerprint density at radius 1 is 1.24 bits per heavy atom. The van der Waals surface area contributed by atoms with E-state index >= 15 is 0 Å². The van der Waals surface area contributed by atoms with Crippen LogP contribution in [0.3, 0.4) is 0 Å². The molecular formula is C13H14N2O2. The van der Waals surface area contributed by atoms with Crippen LogP contribution in [0.25, 0.3) is 5.69 Å². The summed E-state index contributed by atoms with van der Waals surface area (Å²) in [5, 5.41) is 0. The Morgan fingerprint density at radius 2 is 1.88 bits per heavy atom. The minimum absolute atomic E-state index is 0.355. The number of hydrogen-bond acceptors (Lipinski definition) is 3. The molecule has 0 saturated carbocycles. The maximum Gasteiger partial charge on any atom is 0.358 e. The van der Waals surface area contributed by atoms with Crippen molar-refractivity contribution in [2.24, 2.45) is 0 Å². The van der Waals surface area contributed by atoms with Crippen molar-refractivity contribution in [1.29, 1.82) is 0 Å². The van der Waals surface area contributed by atoms with Crippen LogP contribution >= 0.6 is 0 Å². The zero-order valence-corrected chi connectivity index (χ0v) is 10.1. The first-order valence-corrected chi connectivity index (χ1v) is 5.33. The third-order valence-corrected chi connectivity index (χ3v) is 2.70. The standard InChI is InChI=1S/C13H14N2O2/c1-9-4-6-11(7-5-9)15-8-14-12(10(15)2)13(16)17-3/h4-8H,1-3H3. The fourth-order valence-electron chi connectivity index (χ4n) is 1.67. The van der Waals surface area contributed by atoms with Gasteiger partial charge in [-0.1, -0.05) is 17.7 Å². The van der Waals surface area contributed by atoms with Crippen molar-refractivity contribution in [3.05, 3.63) is 47.5 Å². The number of methoxy groups -OCH3 is 1. The van der Waals surface area contributed by atoms with Gasteiger partial charge in [0.05, 0.1) is 12.8 Å². The van der Waals surface area contributed by atoms with Gasteiger partial charge in [-0.15, -0.1) is 0 Å². The van der Waals surface area contributed by atoms with Gasteiger partial charge in [0, 0.05) is 5.69 Å². The van der Waals surface area contributed by atoms with Gasteiger partial charge in [-0.05, 0) is 26.0 Å². The van der Waals surface area contributed by atoms with E-state index in [1.165, 1.54) is 12.7 Å². The van der Waals surface area contributed by atoms with Crippen LogP contribution in [0.15, 0.2) is 30.6 Å². The molecule has 0 unspecified atom stereocenters. The van der Waals surface area contributed by atoms with Crippen LogP contribution in [0, 0.1) is 13.8 Å². The molecule has 4 nitrogen and oxygen atoms in total. The van der Waals surface area contributed by atoms with Crippen LogP contribution in [-0.2, 0) is 4.74 Å². The number of esters is 1. The number of aryl methyl sites for hydroxylation is 1. The molecular weight excluding hydrogens is 216 g/mol. The van der Waals surface area contributed by atoms with Gasteiger partial charge < -0.3 is 9.30 Å². The second kappa shape index (κ2) is 4.41. The summed E-state index contributed by atoms with van der Waals surface area (Å²) in [6, 6.07) is 8.02. The first-order chi connectivity index (χ1) is 8.13. The monoisotopic (exact) mass is 230 g/mol. The summed E-state index contributed by atoms with van der Waals surface area (Å²) >= 11 is 0. The SMILES string of the molecule is COC(=O)c1ncn(-c2ccc(C)cc2)c1C. The molecule has 0 amide bonds. The minimum Gasteiger partial charge on any atom is -0.464 e. The molecule has 0 fully saturated rings. The van der Waals surface area contributed by atoms with Gasteiger partial charge in [0.2, 0.25) is 0 Å². The highest BCUT2D eigenvalue weighted by atomic mass is 16.5. The van der Waals surface area contributed by atoms with Gasteiger partial charge in [-0.25, -0.2) is 9.78 Å². The summed E-state index contributed by atoms with van der Waals surface area (Å²) < 4.78 is 6.54. The Hall–Kier alpha value is -2.10. The van der Waals surface area contributed by atoms with E-state index in [0.29, 0.717) is 5.69 Å². The number of aromatic nitrogens is 2. The maximum absolute atomic E-state index is 11.4. The number of rotatable bonds is 2. The predicted molar refractivity (Wildman–Crippen MR) is 64.4 cm³/mol. The van der Waals surface area contributed by atoms with Crippen LogP contribution in [-0.4, -0.2) is 22.6 Å². The number of imidazole rings is 1. The Kier molecular flexibility index (Phi) is 2.95. The Morgan fingerprint density at radius 3 is 2.47 bits per heavy atom. The molecule has 0 atom stereocenters. The quantitative estimate of drug-likeness (QED) is 0.743. The number of hydrogen-bond donors (Lipinski definition) is 0. The number of ether oxygens (including phenoxy) is 1. The minimum atomic E-state index is -0.409. The van der Waals surface area contributed by atoms with Crippen molar-refractivity contribution in [3.8, 4) is 5.69 Å². The molecule has 0 bridgehead atoms. The molecule has 0 aliphatic heterocycles. The molecule has 1 heterocycles. The number of carbonyl (C=O) groups is 1. The van der Waals surface area contributed by atoms with Crippen LogP contribution in [0.2, 0.25) is 0 Å². The molecule has 88 valence electrons. The third-order valence-electron chi connectivity index (χ3n) is 2.70. The highest BCUT2D eigenvalue weighted by Gasteiger charge is 2.15. The predicted octanol–water partition coefficient (Wildman–Crippen LogP) is 2.28. The summed E-state index contributed by atoms with van der Waals surface area (Å²) in [7, 11) is 1.35. The highest BCUT2D eigenvalue weighted by Crippen LogP contribution is 2.15. The molecule has 0 radical (unpaired) electrons. The number of nitrogens with zero attached hydrogens (tertiary/aromatic N) is 2. The molecule has 0 N–H and O–H groups in total. The van der Waals surface area contributed by atoms with E-state index in [2.05, 4.69) is 9.72 Å². The average molecular weight is 230 g/mol. The van der Waals surface area contributed by atoms with Crippen LogP contribution in [0.4, 0.5) is 0 Å². The molecule has 0 spiro atoms. The van der Waals surface area contributed by atoms with Gasteiger partial charge in [-0.3, -0.25) is 0 Å². The van der Waals surface area contributed by atoms with Crippen molar-refractivity contribution < 1.29 is 9.53 Å². The number of benzene rings is 1. The molecule has 4 heteroatoms. The van der Waals surface area contributed by atoms with Gasteiger partial charge in [0.25, 0.3) is 0 Å². The second-order valence-electron chi connectivity index (χ2n) is 3.88. The molecule has 0 saturated heterocycles. The topological polar surface area (TPSA) is 44.1 Å². The van der Waals surface area contributed by atoms with Gasteiger partial charge in [0.1, 0.15) is 6.33 Å². The Balaban J connectivity index is 2.44. The summed E-state index contributed by atoms with van der Waals surface area (Å²) in [6.45, 7) is 3.88. The summed E-state index contributed by atoms with van der Waals surface area (Å²) in [4.78, 5) is 15.5. The molecule has 2 aromatic rings. The van der Waals surface area contributed by atoms with E-state index in [0.717, 1.165) is 11.4 Å². The molecule has 1 aromatic heterocycles. The van der Waals surface area contributed by atoms with Crippen LogP contribution in [0.5, 0.6) is 0 Å². The smallest absolute Gasteiger partial charge is 0.358 e. The summed E-state index contributed by atoms with van der Waals surface area (Å²) in [6.07, 6.45) is 1.63. The molecule has 0 aliphatic rings. The van der Waals surface area contributed by atoms with Crippen molar-refractivity contribution in [3.63, 3.8) is 0 Å². The maximum atomic E-state index is 11.4. The largest absolute Gasteiger partial charge is 0.464 e. The lowest BCUT2D eigenvalue weighted by molar-refractivity contribution is 0.0593. The first-order valence-electron chi connectivity index (χ1n) is 5.33. The molecule has 2 rings (SSSR count). The van der Waals surface area contributed by atoms with Crippen LogP contribution < -0.4 is 0 Å². The summed E-state index contributed by atoms with van der Waals surface area (Å²) in [5.74, 6) is -0.409. The zero-order chi connectivity index (χ0) is 12.4. The lowest BCUT2D eigenvalue weighted by atomic mass is 10.2.